The van der Waals surface area contributed by atoms with Crippen LogP contribution in [0.5, 0.6) is 0 Å². The minimum atomic E-state index is -0.497. The van der Waals surface area contributed by atoms with Crippen molar-refractivity contribution < 1.29 is 23.8 Å². The smallest absolute Gasteiger partial charge is 0.266 e. The van der Waals surface area contributed by atoms with Crippen molar-refractivity contribution in [2.45, 2.75) is 6.42 Å². The fourth-order valence-corrected chi connectivity index (χ4v) is 1.60. The minimum Gasteiger partial charge on any atom is -0.492 e. The van der Waals surface area contributed by atoms with Gasteiger partial charge in [0.2, 0.25) is 17.3 Å². The molecule has 0 fully saturated rings. The van der Waals surface area contributed by atoms with E-state index in [2.05, 4.69) is 6.58 Å². The van der Waals surface area contributed by atoms with E-state index in [0.717, 1.165) is 0 Å². The Bertz CT molecular complexity index is 428. The van der Waals surface area contributed by atoms with Gasteiger partial charge >= 0.3 is 0 Å². The van der Waals surface area contributed by atoms with Gasteiger partial charge in [-0.3, -0.25) is 9.59 Å². The third-order valence-electron chi connectivity index (χ3n) is 2.33. The molecule has 0 N–H and O–H groups in total. The maximum Gasteiger partial charge on any atom is 0.266 e. The monoisotopic (exact) mass is 238 g/mol. The van der Waals surface area contributed by atoms with Crippen LogP contribution in [-0.4, -0.2) is 32.9 Å². The highest BCUT2D eigenvalue weighted by atomic mass is 16.5. The zero-order valence-corrected chi connectivity index (χ0v) is 10.0. The molecule has 5 nitrogen and oxygen atoms in total. The summed E-state index contributed by atoms with van der Waals surface area (Å²) in [7, 11) is 3.93. The largest absolute Gasteiger partial charge is 0.492 e. The quantitative estimate of drug-likeness (QED) is 0.530. The van der Waals surface area contributed by atoms with E-state index in [9.17, 15) is 9.59 Å². The summed E-state index contributed by atoms with van der Waals surface area (Å²) in [6.45, 7) is 3.53. The number of ketones is 2. The molecule has 1 aliphatic carbocycles. The fourth-order valence-electron chi connectivity index (χ4n) is 1.60. The Kier molecular flexibility index (Phi) is 4.09. The lowest BCUT2D eigenvalue weighted by Crippen LogP contribution is -2.26. The lowest BCUT2D eigenvalue weighted by Gasteiger charge is -2.20. The number of carbonyl (C=O) groups is 2. The van der Waals surface area contributed by atoms with Gasteiger partial charge in [-0.15, -0.1) is 6.58 Å². The Hall–Kier alpha value is -2.04. The highest BCUT2D eigenvalue weighted by Gasteiger charge is 2.37. The highest BCUT2D eigenvalue weighted by molar-refractivity contribution is 6.22. The van der Waals surface area contributed by atoms with Gasteiger partial charge in [0.25, 0.3) is 5.78 Å². The van der Waals surface area contributed by atoms with Crippen molar-refractivity contribution in [3.8, 4) is 0 Å². The van der Waals surface area contributed by atoms with Gasteiger partial charge in [-0.25, -0.2) is 0 Å². The van der Waals surface area contributed by atoms with E-state index in [1.54, 1.807) is 0 Å². The summed E-state index contributed by atoms with van der Waals surface area (Å²) in [4.78, 5) is 24.0. The third kappa shape index (κ3) is 2.08. The molecule has 5 heteroatoms. The minimum absolute atomic E-state index is 0.0208. The highest BCUT2D eigenvalue weighted by Crippen LogP contribution is 2.28. The number of methoxy groups -OCH3 is 3. The van der Waals surface area contributed by atoms with E-state index < -0.39 is 11.6 Å². The average molecular weight is 238 g/mol. The van der Waals surface area contributed by atoms with Crippen LogP contribution in [-0.2, 0) is 23.8 Å². The molecule has 0 radical (unpaired) electrons. The summed E-state index contributed by atoms with van der Waals surface area (Å²) in [5, 5.41) is 0. The van der Waals surface area contributed by atoms with Crippen LogP contribution in [0.15, 0.2) is 35.5 Å². The molecule has 0 saturated heterocycles. The zero-order valence-electron chi connectivity index (χ0n) is 10.0. The van der Waals surface area contributed by atoms with Gasteiger partial charge in [-0.2, -0.15) is 0 Å². The molecule has 0 amide bonds. The van der Waals surface area contributed by atoms with E-state index in [-0.39, 0.29) is 29.3 Å². The van der Waals surface area contributed by atoms with Crippen molar-refractivity contribution in [1.29, 1.82) is 0 Å². The van der Waals surface area contributed by atoms with Crippen molar-refractivity contribution in [2.75, 3.05) is 21.3 Å². The Morgan fingerprint density at radius 1 is 0.941 bits per heavy atom. The molecule has 0 aromatic carbocycles. The Morgan fingerprint density at radius 3 is 1.82 bits per heavy atom. The summed E-state index contributed by atoms with van der Waals surface area (Å²) >= 11 is 0. The topological polar surface area (TPSA) is 61.8 Å². The number of allylic oxidation sites excluding steroid dienone is 2. The number of carbonyl (C=O) groups excluding carboxylic acids is 2. The van der Waals surface area contributed by atoms with E-state index in [4.69, 9.17) is 14.2 Å². The molecule has 0 aromatic heterocycles. The number of Topliss-reactive ketones (excluding diaryl/α,β-unsaturated/α-hetero) is 2. The lowest BCUT2D eigenvalue weighted by molar-refractivity contribution is -0.123. The average Bonchev–Trinajstić information content (AvgIpc) is 2.33. The second-order valence-electron chi connectivity index (χ2n) is 3.23. The van der Waals surface area contributed by atoms with Crippen LogP contribution < -0.4 is 0 Å². The third-order valence-corrected chi connectivity index (χ3v) is 2.33. The van der Waals surface area contributed by atoms with Gasteiger partial charge in [0.15, 0.2) is 5.76 Å². The lowest BCUT2D eigenvalue weighted by atomic mass is 9.96. The second kappa shape index (κ2) is 5.34. The van der Waals surface area contributed by atoms with E-state index >= 15 is 0 Å². The van der Waals surface area contributed by atoms with Crippen LogP contribution in [0.4, 0.5) is 0 Å². The van der Waals surface area contributed by atoms with Gasteiger partial charge in [0.1, 0.15) is 0 Å². The molecule has 92 valence electrons. The van der Waals surface area contributed by atoms with E-state index in [0.29, 0.717) is 0 Å². The van der Waals surface area contributed by atoms with E-state index in [1.165, 1.54) is 27.4 Å². The van der Waals surface area contributed by atoms with Crippen molar-refractivity contribution in [3.05, 3.63) is 35.5 Å². The number of ether oxygens (including phenoxy) is 3. The van der Waals surface area contributed by atoms with Crippen molar-refractivity contribution in [1.82, 2.24) is 0 Å². The molecule has 1 aliphatic rings. The molecular weight excluding hydrogens is 224 g/mol. The fraction of sp³-hybridized carbons (Fsp3) is 0.333. The summed E-state index contributed by atoms with van der Waals surface area (Å²) in [5.74, 6) is -1.17. The molecular formula is C12H14O5. The van der Waals surface area contributed by atoms with E-state index in [1.807, 2.05) is 0 Å². The molecule has 17 heavy (non-hydrogen) atoms. The molecule has 0 unspecified atom stereocenters. The summed E-state index contributed by atoms with van der Waals surface area (Å²) < 4.78 is 14.7. The first-order chi connectivity index (χ1) is 8.12. The maximum absolute atomic E-state index is 12.0. The Labute approximate surface area is 99.3 Å². The first-order valence-corrected chi connectivity index (χ1v) is 4.92. The normalized spacial score (nSPS) is 16.2. The number of rotatable bonds is 5. The van der Waals surface area contributed by atoms with Gasteiger partial charge < -0.3 is 14.2 Å². The molecule has 0 bridgehead atoms. The molecule has 0 heterocycles. The summed E-state index contributed by atoms with van der Waals surface area (Å²) in [5.41, 5.74) is 0.227. The SMILES string of the molecule is C=CCC1=C(OC)C(=O)C(OC)=C(OC)C1=O. The van der Waals surface area contributed by atoms with Crippen LogP contribution in [0.3, 0.4) is 0 Å². The van der Waals surface area contributed by atoms with Gasteiger partial charge in [0.05, 0.1) is 26.9 Å². The van der Waals surface area contributed by atoms with Gasteiger partial charge in [-0.05, 0) is 6.42 Å². The molecule has 1 rings (SSSR count). The standard InChI is InChI=1S/C12H14O5/c1-5-6-7-8(13)11(16-3)12(17-4)9(14)10(7)15-2/h5H,1,6H2,2-4H3. The summed E-state index contributed by atoms with van der Waals surface area (Å²) in [6, 6.07) is 0. The second-order valence-corrected chi connectivity index (χ2v) is 3.23. The molecule has 0 atom stereocenters. The summed E-state index contributed by atoms with van der Waals surface area (Å²) in [6.07, 6.45) is 1.75. The number of hydrogen-bond donors (Lipinski definition) is 0. The maximum atomic E-state index is 12.0. The van der Waals surface area contributed by atoms with Gasteiger partial charge in [-0.1, -0.05) is 6.08 Å². The first-order valence-electron chi connectivity index (χ1n) is 4.92. The van der Waals surface area contributed by atoms with Crippen LogP contribution in [0.1, 0.15) is 6.42 Å². The molecule has 0 aliphatic heterocycles. The van der Waals surface area contributed by atoms with Crippen molar-refractivity contribution >= 4 is 11.6 Å². The molecule has 0 saturated carbocycles. The predicted octanol–water partition coefficient (Wildman–Crippen LogP) is 1.12. The predicted molar refractivity (Wildman–Crippen MR) is 59.9 cm³/mol. The van der Waals surface area contributed by atoms with Crippen molar-refractivity contribution in [3.63, 3.8) is 0 Å². The zero-order chi connectivity index (χ0) is 13.0. The molecule has 0 aromatic rings. The number of hydrogen-bond acceptors (Lipinski definition) is 5. The van der Waals surface area contributed by atoms with Gasteiger partial charge in [0, 0.05) is 0 Å². The Balaban J connectivity index is 3.35. The van der Waals surface area contributed by atoms with Crippen LogP contribution >= 0.6 is 0 Å². The van der Waals surface area contributed by atoms with Crippen molar-refractivity contribution in [2.24, 2.45) is 0 Å². The first kappa shape index (κ1) is 13.0. The van der Waals surface area contributed by atoms with Crippen LogP contribution in [0.2, 0.25) is 0 Å². The Morgan fingerprint density at radius 2 is 1.41 bits per heavy atom. The molecule has 0 spiro atoms. The van der Waals surface area contributed by atoms with Crippen LogP contribution in [0, 0.1) is 0 Å². The van der Waals surface area contributed by atoms with Crippen LogP contribution in [0.25, 0.3) is 0 Å².